The molecule has 0 bridgehead atoms. The second-order valence-corrected chi connectivity index (χ2v) is 12.6. The van der Waals surface area contributed by atoms with Crippen LogP contribution in [0.15, 0.2) is 48.5 Å². The van der Waals surface area contributed by atoms with Crippen LogP contribution in [0, 0.1) is 0 Å². The van der Waals surface area contributed by atoms with E-state index in [2.05, 4.69) is 39.2 Å². The number of methoxy groups -OCH3 is 1. The Morgan fingerprint density at radius 1 is 0.963 bits per heavy atom. The Kier molecular flexibility index (Phi) is 6.54. The molecule has 0 fully saturated rings. The smallest absolute Gasteiger partial charge is 0.262 e. The van der Waals surface area contributed by atoms with Crippen molar-refractivity contribution in [3.8, 4) is 17.2 Å². The molecular formula is C21H29NO4Si. The second kappa shape index (κ2) is 8.48. The Bertz CT molecular complexity index is 784. The molecule has 6 heteroatoms. The summed E-state index contributed by atoms with van der Waals surface area (Å²) in [6, 6.07) is 14.7. The largest absolute Gasteiger partial charge is 0.541 e. The molecule has 2 aromatic rings. The predicted octanol–water partition coefficient (Wildman–Crippen LogP) is 5.10. The first-order valence-electron chi connectivity index (χ1n) is 8.98. The second-order valence-electron chi connectivity index (χ2n) is 7.85. The van der Waals surface area contributed by atoms with Crippen molar-refractivity contribution in [2.75, 3.05) is 19.0 Å². The van der Waals surface area contributed by atoms with E-state index in [0.29, 0.717) is 22.9 Å². The molecule has 0 atom stereocenters. The fraction of sp³-hybridized carbons (Fsp3) is 0.381. The van der Waals surface area contributed by atoms with Gasteiger partial charge in [-0.3, -0.25) is 4.79 Å². The Morgan fingerprint density at radius 3 is 2.11 bits per heavy atom. The van der Waals surface area contributed by atoms with Gasteiger partial charge in [0.25, 0.3) is 14.2 Å². The number of hydrogen-bond acceptors (Lipinski definition) is 4. The SMILES string of the molecule is COc1ccccc1NC(=O)COc1ccccc1O[Si](C)(C)C(C)(C)C. The third-order valence-corrected chi connectivity index (χ3v) is 9.10. The summed E-state index contributed by atoms with van der Waals surface area (Å²) in [5.74, 6) is 1.58. The highest BCUT2D eigenvalue weighted by Crippen LogP contribution is 2.39. The van der Waals surface area contributed by atoms with Crippen LogP contribution in [0.3, 0.4) is 0 Å². The minimum atomic E-state index is -2.00. The maximum Gasteiger partial charge on any atom is 0.262 e. The summed E-state index contributed by atoms with van der Waals surface area (Å²) in [5, 5.41) is 2.87. The number of para-hydroxylation sites is 4. The van der Waals surface area contributed by atoms with Crippen molar-refractivity contribution < 1.29 is 18.7 Å². The van der Waals surface area contributed by atoms with Crippen molar-refractivity contribution in [3.05, 3.63) is 48.5 Å². The highest BCUT2D eigenvalue weighted by atomic mass is 28.4. The molecule has 0 heterocycles. The van der Waals surface area contributed by atoms with E-state index in [1.165, 1.54) is 0 Å². The van der Waals surface area contributed by atoms with E-state index in [1.807, 2.05) is 36.4 Å². The molecule has 0 unspecified atom stereocenters. The van der Waals surface area contributed by atoms with Crippen LogP contribution < -0.4 is 19.2 Å². The molecule has 0 aromatic heterocycles. The van der Waals surface area contributed by atoms with E-state index < -0.39 is 8.32 Å². The molecule has 0 saturated carbocycles. The maximum absolute atomic E-state index is 12.3. The minimum absolute atomic E-state index is 0.0708. The van der Waals surface area contributed by atoms with Crippen molar-refractivity contribution in [3.63, 3.8) is 0 Å². The fourth-order valence-electron chi connectivity index (χ4n) is 2.16. The topological polar surface area (TPSA) is 56.8 Å². The molecule has 0 radical (unpaired) electrons. The van der Waals surface area contributed by atoms with E-state index in [-0.39, 0.29) is 17.6 Å². The molecule has 5 nitrogen and oxygen atoms in total. The molecule has 0 aliphatic carbocycles. The first-order valence-corrected chi connectivity index (χ1v) is 11.9. The number of rotatable bonds is 7. The van der Waals surface area contributed by atoms with Crippen LogP contribution in [-0.2, 0) is 4.79 Å². The lowest BCUT2D eigenvalue weighted by Gasteiger charge is -2.36. The Balaban J connectivity index is 2.05. The lowest BCUT2D eigenvalue weighted by molar-refractivity contribution is -0.118. The summed E-state index contributed by atoms with van der Waals surface area (Å²) in [6.45, 7) is 10.8. The van der Waals surface area contributed by atoms with E-state index in [4.69, 9.17) is 13.9 Å². The summed E-state index contributed by atoms with van der Waals surface area (Å²) in [6.07, 6.45) is 0. The zero-order valence-corrected chi connectivity index (χ0v) is 18.0. The van der Waals surface area contributed by atoms with Gasteiger partial charge in [0.05, 0.1) is 12.8 Å². The van der Waals surface area contributed by atoms with Crippen LogP contribution >= 0.6 is 0 Å². The van der Waals surface area contributed by atoms with E-state index in [0.717, 1.165) is 0 Å². The van der Waals surface area contributed by atoms with Crippen LogP contribution in [0.2, 0.25) is 18.1 Å². The molecule has 0 spiro atoms. The standard InChI is InChI=1S/C21H29NO4Si/c1-21(2,3)27(5,6)26-19-14-10-9-13-18(19)25-15-20(23)22-16-11-7-8-12-17(16)24-4/h7-14H,15H2,1-6H3,(H,22,23). The number of hydrogen-bond donors (Lipinski definition) is 1. The van der Waals surface area contributed by atoms with Gasteiger partial charge in [0.1, 0.15) is 11.5 Å². The monoisotopic (exact) mass is 387 g/mol. The van der Waals surface area contributed by atoms with Crippen molar-refractivity contribution in [1.29, 1.82) is 0 Å². The van der Waals surface area contributed by atoms with Crippen LogP contribution in [0.4, 0.5) is 5.69 Å². The van der Waals surface area contributed by atoms with Gasteiger partial charge in [-0.1, -0.05) is 45.0 Å². The van der Waals surface area contributed by atoms with Crippen molar-refractivity contribution in [1.82, 2.24) is 0 Å². The zero-order valence-electron chi connectivity index (χ0n) is 17.0. The van der Waals surface area contributed by atoms with Crippen molar-refractivity contribution in [2.24, 2.45) is 0 Å². The number of ether oxygens (including phenoxy) is 2. The molecule has 0 saturated heterocycles. The minimum Gasteiger partial charge on any atom is -0.541 e. The third-order valence-electron chi connectivity index (χ3n) is 4.76. The van der Waals surface area contributed by atoms with E-state index in [1.54, 1.807) is 19.2 Å². The number of anilines is 1. The van der Waals surface area contributed by atoms with E-state index in [9.17, 15) is 4.79 Å². The number of amides is 1. The van der Waals surface area contributed by atoms with Gasteiger partial charge in [0.15, 0.2) is 12.4 Å². The van der Waals surface area contributed by atoms with Crippen LogP contribution in [-0.4, -0.2) is 27.9 Å². The molecule has 0 aliphatic rings. The average Bonchev–Trinajstić information content (AvgIpc) is 2.60. The number of nitrogens with one attached hydrogen (secondary N) is 1. The molecule has 1 N–H and O–H groups in total. The van der Waals surface area contributed by atoms with Gasteiger partial charge in [0.2, 0.25) is 0 Å². The fourth-order valence-corrected chi connectivity index (χ4v) is 3.18. The molecule has 1 amide bonds. The van der Waals surface area contributed by atoms with Gasteiger partial charge in [-0.15, -0.1) is 0 Å². The van der Waals surface area contributed by atoms with Gasteiger partial charge in [-0.2, -0.15) is 0 Å². The normalized spacial score (nSPS) is 11.6. The maximum atomic E-state index is 12.3. The predicted molar refractivity (Wildman–Crippen MR) is 111 cm³/mol. The van der Waals surface area contributed by atoms with Gasteiger partial charge < -0.3 is 19.2 Å². The van der Waals surface area contributed by atoms with Crippen LogP contribution in [0.25, 0.3) is 0 Å². The molecular weight excluding hydrogens is 358 g/mol. The first kappa shape index (κ1) is 20.8. The zero-order chi connectivity index (χ0) is 20.1. The van der Waals surface area contributed by atoms with Crippen molar-refractivity contribution >= 4 is 19.9 Å². The van der Waals surface area contributed by atoms with Crippen molar-refractivity contribution in [2.45, 2.75) is 38.9 Å². The first-order chi connectivity index (χ1) is 12.6. The number of carbonyl (C=O) groups excluding carboxylic acids is 1. The van der Waals surface area contributed by atoms with Crippen LogP contribution in [0.5, 0.6) is 17.2 Å². The van der Waals surface area contributed by atoms with Gasteiger partial charge in [-0.25, -0.2) is 0 Å². The molecule has 146 valence electrons. The summed E-state index contributed by atoms with van der Waals surface area (Å²) < 4.78 is 17.3. The summed E-state index contributed by atoms with van der Waals surface area (Å²) in [4.78, 5) is 12.3. The van der Waals surface area contributed by atoms with Gasteiger partial charge >= 0.3 is 0 Å². The molecule has 2 aromatic carbocycles. The average molecular weight is 388 g/mol. The van der Waals surface area contributed by atoms with E-state index >= 15 is 0 Å². The number of carbonyl (C=O) groups is 1. The highest BCUT2D eigenvalue weighted by Gasteiger charge is 2.39. The third kappa shape index (κ3) is 5.50. The van der Waals surface area contributed by atoms with Crippen LogP contribution in [0.1, 0.15) is 20.8 Å². The highest BCUT2D eigenvalue weighted by molar-refractivity contribution is 6.74. The summed E-state index contributed by atoms with van der Waals surface area (Å²) >= 11 is 0. The Morgan fingerprint density at radius 2 is 1.52 bits per heavy atom. The molecule has 2 rings (SSSR count). The summed E-state index contributed by atoms with van der Waals surface area (Å²) in [7, 11) is -0.438. The van der Waals surface area contributed by atoms with Gasteiger partial charge in [-0.05, 0) is 42.4 Å². The summed E-state index contributed by atoms with van der Waals surface area (Å²) in [5.41, 5.74) is 0.611. The lowest BCUT2D eigenvalue weighted by atomic mass is 10.2. The molecule has 27 heavy (non-hydrogen) atoms. The lowest BCUT2D eigenvalue weighted by Crippen LogP contribution is -2.44. The van der Waals surface area contributed by atoms with Gasteiger partial charge in [0, 0.05) is 0 Å². The molecule has 0 aliphatic heterocycles. The number of benzene rings is 2. The quantitative estimate of drug-likeness (QED) is 0.672. The Labute approximate surface area is 162 Å². The Hall–Kier alpha value is -2.47.